The summed E-state index contributed by atoms with van der Waals surface area (Å²) in [5.74, 6) is -1.99. The van der Waals surface area contributed by atoms with Gasteiger partial charge in [-0.3, -0.25) is 4.79 Å². The van der Waals surface area contributed by atoms with Crippen molar-refractivity contribution in [3.05, 3.63) is 42.7 Å². The van der Waals surface area contributed by atoms with Gasteiger partial charge in [0, 0.05) is 56.4 Å². The number of carbonyl (C=O) groups is 2. The normalized spacial score (nSPS) is 14.0. The van der Waals surface area contributed by atoms with Gasteiger partial charge >= 0.3 is 6.03 Å². The van der Waals surface area contributed by atoms with Crippen LogP contribution in [0.2, 0.25) is 0 Å². The third-order valence-electron chi connectivity index (χ3n) is 4.44. The molecule has 0 radical (unpaired) electrons. The lowest BCUT2D eigenvalue weighted by molar-refractivity contribution is -0.131. The molecule has 0 atom stereocenters. The molecule has 1 saturated heterocycles. The number of thioether (sulfide) groups is 1. The molecule has 2 N–H and O–H groups in total. The number of halogens is 2. The molecule has 0 bridgehead atoms. The number of piperazine rings is 1. The van der Waals surface area contributed by atoms with Crippen molar-refractivity contribution in [3.63, 3.8) is 0 Å². The van der Waals surface area contributed by atoms with Crippen molar-refractivity contribution >= 4 is 35.3 Å². The van der Waals surface area contributed by atoms with Crippen LogP contribution in [0, 0.1) is 0 Å². The molecule has 3 rings (SSSR count). The minimum atomic E-state index is -2.58. The molecule has 0 aliphatic carbocycles. The highest BCUT2D eigenvalue weighted by Crippen LogP contribution is 2.31. The van der Waals surface area contributed by atoms with Crippen molar-refractivity contribution in [3.8, 4) is 0 Å². The summed E-state index contributed by atoms with van der Waals surface area (Å²) >= 11 is 0.364. The molecule has 1 aromatic carbocycles. The van der Waals surface area contributed by atoms with Crippen LogP contribution in [0.5, 0.6) is 0 Å². The Balaban J connectivity index is 1.39. The summed E-state index contributed by atoms with van der Waals surface area (Å²) in [5, 5.41) is 5.14. The van der Waals surface area contributed by atoms with Gasteiger partial charge in [-0.1, -0.05) is 23.9 Å². The number of alkyl halides is 2. The van der Waals surface area contributed by atoms with Crippen molar-refractivity contribution in [1.29, 1.82) is 0 Å². The number of para-hydroxylation sites is 1. The summed E-state index contributed by atoms with van der Waals surface area (Å²) in [6.45, 7) is 2.55. The van der Waals surface area contributed by atoms with E-state index >= 15 is 0 Å². The predicted molar refractivity (Wildman–Crippen MR) is 111 cm³/mol. The molecule has 1 aromatic heterocycles. The van der Waals surface area contributed by atoms with Gasteiger partial charge in [0.15, 0.2) is 0 Å². The molecule has 1 aliphatic heterocycles. The summed E-state index contributed by atoms with van der Waals surface area (Å²) in [4.78, 5) is 36.9. The predicted octanol–water partition coefficient (Wildman–Crippen LogP) is 2.65. The van der Waals surface area contributed by atoms with Gasteiger partial charge in [-0.05, 0) is 18.2 Å². The van der Waals surface area contributed by atoms with Gasteiger partial charge in [-0.2, -0.15) is 8.78 Å². The zero-order valence-corrected chi connectivity index (χ0v) is 16.9. The average Bonchev–Trinajstić information content (AvgIpc) is 2.75. The molecular formula is C19H22F2N6O2S. The third-order valence-corrected chi connectivity index (χ3v) is 5.23. The van der Waals surface area contributed by atoms with E-state index in [0.29, 0.717) is 49.6 Å². The third kappa shape index (κ3) is 6.28. The van der Waals surface area contributed by atoms with Crippen LogP contribution in [-0.4, -0.2) is 65.3 Å². The average molecular weight is 436 g/mol. The minimum Gasteiger partial charge on any atom is -0.339 e. The molecule has 1 aliphatic rings. The molecule has 3 amide bonds. The number of rotatable bonds is 7. The lowest BCUT2D eigenvalue weighted by Gasteiger charge is -2.34. The van der Waals surface area contributed by atoms with Crippen LogP contribution < -0.4 is 15.5 Å². The van der Waals surface area contributed by atoms with E-state index in [2.05, 4.69) is 20.6 Å². The highest BCUT2D eigenvalue weighted by molar-refractivity contribution is 7.99. The van der Waals surface area contributed by atoms with E-state index < -0.39 is 11.8 Å². The van der Waals surface area contributed by atoms with E-state index in [9.17, 15) is 18.4 Å². The fourth-order valence-electron chi connectivity index (χ4n) is 2.99. The Morgan fingerprint density at radius 3 is 2.47 bits per heavy atom. The summed E-state index contributed by atoms with van der Waals surface area (Å²) in [6.07, 6.45) is 3.52. The van der Waals surface area contributed by atoms with E-state index in [4.69, 9.17) is 0 Å². The number of carbonyl (C=O) groups excluding carboxylic acids is 2. The van der Waals surface area contributed by atoms with Gasteiger partial charge in [0.05, 0.1) is 5.69 Å². The summed E-state index contributed by atoms with van der Waals surface area (Å²) in [5.41, 5.74) is 0.297. The molecule has 8 nitrogen and oxygen atoms in total. The summed E-state index contributed by atoms with van der Waals surface area (Å²) in [6, 6.07) is 7.53. The van der Waals surface area contributed by atoms with Gasteiger partial charge in [0.1, 0.15) is 0 Å². The van der Waals surface area contributed by atoms with Crippen molar-refractivity contribution in [2.45, 2.75) is 17.1 Å². The molecule has 0 unspecified atom stereocenters. The Bertz CT molecular complexity index is 850. The monoisotopic (exact) mass is 436 g/mol. The number of anilines is 2. The SMILES string of the molecule is O=C(NCCC(=O)N1CCN(c2ncccn2)CC1)Nc1ccccc1SC(F)F. The number of hydrogen-bond donors (Lipinski definition) is 2. The number of nitrogens with zero attached hydrogens (tertiary/aromatic N) is 4. The first-order chi connectivity index (χ1) is 14.5. The van der Waals surface area contributed by atoms with Crippen molar-refractivity contribution in [1.82, 2.24) is 20.2 Å². The Morgan fingerprint density at radius 1 is 1.07 bits per heavy atom. The minimum absolute atomic E-state index is 0.0578. The van der Waals surface area contributed by atoms with E-state index in [1.165, 1.54) is 6.07 Å². The van der Waals surface area contributed by atoms with Gasteiger partial charge in [-0.15, -0.1) is 0 Å². The Hall–Kier alpha value is -2.95. The van der Waals surface area contributed by atoms with Crippen LogP contribution in [0.15, 0.2) is 47.6 Å². The molecule has 2 aromatic rings. The molecule has 11 heteroatoms. The van der Waals surface area contributed by atoms with Crippen LogP contribution in [0.25, 0.3) is 0 Å². The number of hydrogen-bond acceptors (Lipinski definition) is 6. The number of nitrogens with one attached hydrogen (secondary N) is 2. The zero-order chi connectivity index (χ0) is 21.3. The van der Waals surface area contributed by atoms with E-state index in [1.54, 1.807) is 41.6 Å². The van der Waals surface area contributed by atoms with Crippen molar-refractivity contribution in [2.24, 2.45) is 0 Å². The molecule has 30 heavy (non-hydrogen) atoms. The van der Waals surface area contributed by atoms with E-state index in [0.717, 1.165) is 0 Å². The standard InChI is InChI=1S/C19H22F2N6O2S/c20-17(21)30-15-5-2-1-4-14(15)25-19(29)24-9-6-16(28)26-10-12-27(13-11-26)18-22-7-3-8-23-18/h1-5,7-8,17H,6,9-13H2,(H2,24,25,29). The highest BCUT2D eigenvalue weighted by Gasteiger charge is 2.22. The molecule has 0 saturated carbocycles. The maximum absolute atomic E-state index is 12.6. The van der Waals surface area contributed by atoms with Crippen LogP contribution in [0.3, 0.4) is 0 Å². The van der Waals surface area contributed by atoms with Gasteiger partial charge < -0.3 is 20.4 Å². The first-order valence-electron chi connectivity index (χ1n) is 9.41. The highest BCUT2D eigenvalue weighted by atomic mass is 32.2. The second-order valence-corrected chi connectivity index (χ2v) is 7.45. The topological polar surface area (TPSA) is 90.5 Å². The van der Waals surface area contributed by atoms with Gasteiger partial charge in [0.25, 0.3) is 5.76 Å². The van der Waals surface area contributed by atoms with Gasteiger partial charge in [0.2, 0.25) is 11.9 Å². The Kier molecular flexibility index (Phi) is 7.77. The quantitative estimate of drug-likeness (QED) is 0.649. The largest absolute Gasteiger partial charge is 0.339 e. The molecule has 1 fully saturated rings. The van der Waals surface area contributed by atoms with E-state index in [1.807, 2.05) is 4.90 Å². The lowest BCUT2D eigenvalue weighted by atomic mass is 10.3. The van der Waals surface area contributed by atoms with Crippen molar-refractivity contribution < 1.29 is 18.4 Å². The number of amides is 3. The number of benzene rings is 1. The fraction of sp³-hybridized carbons (Fsp3) is 0.368. The van der Waals surface area contributed by atoms with Gasteiger partial charge in [-0.25, -0.2) is 14.8 Å². The second kappa shape index (κ2) is 10.7. The van der Waals surface area contributed by atoms with E-state index in [-0.39, 0.29) is 23.8 Å². The zero-order valence-electron chi connectivity index (χ0n) is 16.1. The molecular weight excluding hydrogens is 414 g/mol. The first-order valence-corrected chi connectivity index (χ1v) is 10.3. The summed E-state index contributed by atoms with van der Waals surface area (Å²) < 4.78 is 25.2. The lowest BCUT2D eigenvalue weighted by Crippen LogP contribution is -2.49. The first kappa shape index (κ1) is 21.8. The maximum Gasteiger partial charge on any atom is 0.319 e. The smallest absolute Gasteiger partial charge is 0.319 e. The Morgan fingerprint density at radius 2 is 1.77 bits per heavy atom. The number of aromatic nitrogens is 2. The van der Waals surface area contributed by atoms with Crippen LogP contribution in [-0.2, 0) is 4.79 Å². The van der Waals surface area contributed by atoms with Crippen LogP contribution >= 0.6 is 11.8 Å². The molecule has 0 spiro atoms. The fourth-order valence-corrected chi connectivity index (χ4v) is 3.58. The summed E-state index contributed by atoms with van der Waals surface area (Å²) in [7, 11) is 0. The Labute approximate surface area is 177 Å². The van der Waals surface area contributed by atoms with Crippen LogP contribution in [0.4, 0.5) is 25.2 Å². The second-order valence-electron chi connectivity index (χ2n) is 6.42. The van der Waals surface area contributed by atoms with Crippen molar-refractivity contribution in [2.75, 3.05) is 42.9 Å². The molecule has 160 valence electrons. The maximum atomic E-state index is 12.6. The molecule has 2 heterocycles. The van der Waals surface area contributed by atoms with Crippen LogP contribution in [0.1, 0.15) is 6.42 Å². The number of urea groups is 1.